The van der Waals surface area contributed by atoms with Crippen LogP contribution in [-0.2, 0) is 0 Å². The Morgan fingerprint density at radius 3 is 2.69 bits per heavy atom. The standard InChI is InChI=1S/C10H5BrClI/c11-7-5-4-6-2-1-3-8(13)9(6)10(7)12/h1-5H. The molecule has 0 atom stereocenters. The minimum absolute atomic E-state index is 0.794. The monoisotopic (exact) mass is 366 g/mol. The molecule has 0 aliphatic rings. The highest BCUT2D eigenvalue weighted by Crippen LogP contribution is 2.33. The molecule has 0 aliphatic carbocycles. The molecule has 0 spiro atoms. The Morgan fingerprint density at radius 2 is 1.92 bits per heavy atom. The summed E-state index contributed by atoms with van der Waals surface area (Å²) in [7, 11) is 0. The quantitative estimate of drug-likeness (QED) is 0.584. The van der Waals surface area contributed by atoms with Crippen LogP contribution in [0.5, 0.6) is 0 Å². The third kappa shape index (κ3) is 1.72. The summed E-state index contributed by atoms with van der Waals surface area (Å²) in [5.41, 5.74) is 0. The van der Waals surface area contributed by atoms with E-state index in [1.54, 1.807) is 0 Å². The topological polar surface area (TPSA) is 0 Å². The van der Waals surface area contributed by atoms with Crippen LogP contribution in [0.2, 0.25) is 5.02 Å². The van der Waals surface area contributed by atoms with Crippen molar-refractivity contribution in [1.29, 1.82) is 0 Å². The van der Waals surface area contributed by atoms with Gasteiger partial charge in [0.25, 0.3) is 0 Å². The summed E-state index contributed by atoms with van der Waals surface area (Å²) in [6, 6.07) is 10.2. The van der Waals surface area contributed by atoms with Crippen LogP contribution in [0, 0.1) is 3.57 Å². The van der Waals surface area contributed by atoms with E-state index in [1.165, 1.54) is 8.96 Å². The van der Waals surface area contributed by atoms with Gasteiger partial charge < -0.3 is 0 Å². The predicted molar refractivity (Wildman–Crippen MR) is 69.4 cm³/mol. The highest BCUT2D eigenvalue weighted by atomic mass is 127. The van der Waals surface area contributed by atoms with Gasteiger partial charge in [-0.3, -0.25) is 0 Å². The molecule has 0 amide bonds. The van der Waals surface area contributed by atoms with Gasteiger partial charge in [0, 0.05) is 13.4 Å². The van der Waals surface area contributed by atoms with Gasteiger partial charge in [-0.1, -0.05) is 29.8 Å². The minimum Gasteiger partial charge on any atom is -0.0824 e. The highest BCUT2D eigenvalue weighted by molar-refractivity contribution is 14.1. The number of rotatable bonds is 0. The minimum atomic E-state index is 0.794. The van der Waals surface area contributed by atoms with Crippen molar-refractivity contribution in [3.63, 3.8) is 0 Å². The summed E-state index contributed by atoms with van der Waals surface area (Å²) in [6.07, 6.45) is 0. The summed E-state index contributed by atoms with van der Waals surface area (Å²) < 4.78 is 2.13. The SMILES string of the molecule is Clc1c(Br)ccc2cccc(I)c12. The summed E-state index contributed by atoms with van der Waals surface area (Å²) in [6.45, 7) is 0. The fourth-order valence-corrected chi connectivity index (χ4v) is 2.82. The molecule has 0 unspecified atom stereocenters. The first-order valence-corrected chi connectivity index (χ1v) is 5.97. The zero-order valence-electron chi connectivity index (χ0n) is 6.52. The van der Waals surface area contributed by atoms with Crippen molar-refractivity contribution in [1.82, 2.24) is 0 Å². The number of benzene rings is 2. The van der Waals surface area contributed by atoms with Gasteiger partial charge >= 0.3 is 0 Å². The third-order valence-corrected chi connectivity index (χ3v) is 4.06. The van der Waals surface area contributed by atoms with Crippen LogP contribution < -0.4 is 0 Å². The Labute approximate surface area is 104 Å². The molecule has 2 aromatic carbocycles. The van der Waals surface area contributed by atoms with Gasteiger partial charge in [0.05, 0.1) is 5.02 Å². The Hall–Kier alpha value is 0.200. The van der Waals surface area contributed by atoms with Crippen molar-refractivity contribution in [2.75, 3.05) is 0 Å². The Bertz CT molecular complexity index is 468. The molecule has 0 aromatic heterocycles. The van der Waals surface area contributed by atoms with E-state index in [1.807, 2.05) is 12.1 Å². The smallest absolute Gasteiger partial charge is 0.0637 e. The van der Waals surface area contributed by atoms with Crippen LogP contribution in [0.25, 0.3) is 10.8 Å². The maximum absolute atomic E-state index is 6.18. The van der Waals surface area contributed by atoms with Crippen LogP contribution in [0.3, 0.4) is 0 Å². The highest BCUT2D eigenvalue weighted by Gasteiger charge is 2.05. The maximum Gasteiger partial charge on any atom is 0.0637 e. The van der Waals surface area contributed by atoms with Crippen LogP contribution in [-0.4, -0.2) is 0 Å². The zero-order chi connectivity index (χ0) is 9.42. The molecule has 3 heteroatoms. The Morgan fingerprint density at radius 1 is 1.15 bits per heavy atom. The molecule has 0 saturated heterocycles. The first-order valence-electron chi connectivity index (χ1n) is 3.72. The third-order valence-electron chi connectivity index (χ3n) is 1.88. The van der Waals surface area contributed by atoms with Crippen LogP contribution in [0.4, 0.5) is 0 Å². The van der Waals surface area contributed by atoms with Crippen LogP contribution >= 0.6 is 50.1 Å². The average Bonchev–Trinajstić information content (AvgIpc) is 2.12. The van der Waals surface area contributed by atoms with Gasteiger partial charge in [0.1, 0.15) is 0 Å². The van der Waals surface area contributed by atoms with Crippen LogP contribution in [0.15, 0.2) is 34.8 Å². The normalized spacial score (nSPS) is 10.7. The van der Waals surface area contributed by atoms with E-state index < -0.39 is 0 Å². The Balaban J connectivity index is 2.97. The molecule has 66 valence electrons. The van der Waals surface area contributed by atoms with Gasteiger partial charge in [0.15, 0.2) is 0 Å². The van der Waals surface area contributed by atoms with Gasteiger partial charge in [0.2, 0.25) is 0 Å². The fourth-order valence-electron chi connectivity index (χ4n) is 1.27. The lowest BCUT2D eigenvalue weighted by molar-refractivity contribution is 1.67. The number of fused-ring (bicyclic) bond motifs is 1. The molecular weight excluding hydrogens is 362 g/mol. The van der Waals surface area contributed by atoms with E-state index in [2.05, 4.69) is 56.7 Å². The number of halogens is 3. The summed E-state index contributed by atoms with van der Waals surface area (Å²) in [5, 5.41) is 3.10. The molecule has 2 rings (SSSR count). The second-order valence-electron chi connectivity index (χ2n) is 2.70. The van der Waals surface area contributed by atoms with E-state index >= 15 is 0 Å². The predicted octanol–water partition coefficient (Wildman–Crippen LogP) is 4.86. The number of hydrogen-bond donors (Lipinski definition) is 0. The second-order valence-corrected chi connectivity index (χ2v) is 5.09. The molecule has 0 heterocycles. The van der Waals surface area contributed by atoms with E-state index in [9.17, 15) is 0 Å². The maximum atomic E-state index is 6.18. The van der Waals surface area contributed by atoms with E-state index in [0.717, 1.165) is 14.9 Å². The van der Waals surface area contributed by atoms with Crippen molar-refractivity contribution in [3.05, 3.63) is 43.4 Å². The molecule has 0 aliphatic heterocycles. The van der Waals surface area contributed by atoms with Crippen LogP contribution in [0.1, 0.15) is 0 Å². The lowest BCUT2D eigenvalue weighted by Gasteiger charge is -2.04. The average molecular weight is 367 g/mol. The lowest BCUT2D eigenvalue weighted by atomic mass is 10.1. The lowest BCUT2D eigenvalue weighted by Crippen LogP contribution is -1.79. The molecule has 0 nitrogen and oxygen atoms in total. The summed E-state index contributed by atoms with van der Waals surface area (Å²) in [5.74, 6) is 0. The molecular formula is C10H5BrClI. The molecule has 0 bridgehead atoms. The molecule has 2 aromatic rings. The Kier molecular flexibility index (Phi) is 2.81. The zero-order valence-corrected chi connectivity index (χ0v) is 11.0. The van der Waals surface area contributed by atoms with E-state index in [4.69, 9.17) is 11.6 Å². The number of hydrogen-bond acceptors (Lipinski definition) is 0. The molecule has 0 fully saturated rings. The van der Waals surface area contributed by atoms with Gasteiger partial charge in [-0.25, -0.2) is 0 Å². The molecule has 0 radical (unpaired) electrons. The first kappa shape index (κ1) is 9.74. The first-order chi connectivity index (χ1) is 6.20. The van der Waals surface area contributed by atoms with Gasteiger partial charge in [-0.2, -0.15) is 0 Å². The van der Waals surface area contributed by atoms with Crippen molar-refractivity contribution in [3.8, 4) is 0 Å². The van der Waals surface area contributed by atoms with Crippen molar-refractivity contribution in [2.45, 2.75) is 0 Å². The fraction of sp³-hybridized carbons (Fsp3) is 0. The van der Waals surface area contributed by atoms with Crippen molar-refractivity contribution >= 4 is 60.9 Å². The summed E-state index contributed by atoms with van der Waals surface area (Å²) in [4.78, 5) is 0. The summed E-state index contributed by atoms with van der Waals surface area (Å²) >= 11 is 11.9. The van der Waals surface area contributed by atoms with Crippen molar-refractivity contribution < 1.29 is 0 Å². The van der Waals surface area contributed by atoms with Gasteiger partial charge in [-0.05, 0) is 56.0 Å². The molecule has 0 saturated carbocycles. The second kappa shape index (κ2) is 3.75. The molecule has 0 N–H and O–H groups in total. The van der Waals surface area contributed by atoms with Crippen molar-refractivity contribution in [2.24, 2.45) is 0 Å². The molecule has 13 heavy (non-hydrogen) atoms. The van der Waals surface area contributed by atoms with E-state index in [-0.39, 0.29) is 0 Å². The largest absolute Gasteiger partial charge is 0.0824 e. The van der Waals surface area contributed by atoms with Gasteiger partial charge in [-0.15, -0.1) is 0 Å². The van der Waals surface area contributed by atoms with E-state index in [0.29, 0.717) is 0 Å².